The summed E-state index contributed by atoms with van der Waals surface area (Å²) in [6, 6.07) is 5.15. The van der Waals surface area contributed by atoms with Gasteiger partial charge >= 0.3 is 0 Å². The third-order valence-electron chi connectivity index (χ3n) is 3.75. The van der Waals surface area contributed by atoms with Gasteiger partial charge in [-0.3, -0.25) is 4.99 Å². The van der Waals surface area contributed by atoms with E-state index < -0.39 is 0 Å². The number of hydrogen-bond acceptors (Lipinski definition) is 3. The van der Waals surface area contributed by atoms with Crippen molar-refractivity contribution in [1.29, 1.82) is 0 Å². The first-order valence-corrected chi connectivity index (χ1v) is 7.57. The number of aromatic nitrogens is 1. The second-order valence-corrected chi connectivity index (χ2v) is 5.55. The summed E-state index contributed by atoms with van der Waals surface area (Å²) in [4.78, 5) is 8.48. The molecule has 0 radical (unpaired) electrons. The summed E-state index contributed by atoms with van der Waals surface area (Å²) in [5.41, 5.74) is 2.38. The Hall–Kier alpha value is -2.37. The summed E-state index contributed by atoms with van der Waals surface area (Å²) < 4.78 is 19.2. The zero-order valence-electron chi connectivity index (χ0n) is 14.2. The first kappa shape index (κ1) is 17.0. The Bertz CT molecular complexity index is 689. The quantitative estimate of drug-likeness (QED) is 0.671. The highest BCUT2D eigenvalue weighted by atomic mass is 19.1. The van der Waals surface area contributed by atoms with Crippen molar-refractivity contribution in [3.8, 4) is 0 Å². The number of benzene rings is 1. The smallest absolute Gasteiger partial charge is 0.214 e. The van der Waals surface area contributed by atoms with E-state index in [0.29, 0.717) is 24.0 Å². The Morgan fingerprint density at radius 3 is 2.65 bits per heavy atom. The fourth-order valence-corrected chi connectivity index (χ4v) is 2.14. The molecule has 6 heteroatoms. The van der Waals surface area contributed by atoms with Crippen molar-refractivity contribution in [3.63, 3.8) is 0 Å². The van der Waals surface area contributed by atoms with Crippen LogP contribution in [0.15, 0.2) is 27.6 Å². The first-order valence-electron chi connectivity index (χ1n) is 7.57. The summed E-state index contributed by atoms with van der Waals surface area (Å²) in [6.45, 7) is 7.92. The van der Waals surface area contributed by atoms with Crippen molar-refractivity contribution in [2.45, 2.75) is 40.3 Å². The summed E-state index contributed by atoms with van der Waals surface area (Å²) in [5.74, 6) is 1.82. The predicted octanol–water partition coefficient (Wildman–Crippen LogP) is 3.17. The lowest BCUT2D eigenvalue weighted by Crippen LogP contribution is -2.38. The Morgan fingerprint density at radius 1 is 1.35 bits per heavy atom. The van der Waals surface area contributed by atoms with Gasteiger partial charge in [0.15, 0.2) is 5.96 Å². The predicted molar refractivity (Wildman–Crippen MR) is 88.9 cm³/mol. The fourth-order valence-electron chi connectivity index (χ4n) is 2.14. The number of aliphatic imine (C=N–C) groups is 1. The molecular formula is C17H23FN4O. The molecule has 1 aromatic heterocycles. The molecule has 0 amide bonds. The van der Waals surface area contributed by atoms with Gasteiger partial charge in [0.2, 0.25) is 5.89 Å². The zero-order valence-corrected chi connectivity index (χ0v) is 14.2. The number of guanidine groups is 1. The van der Waals surface area contributed by atoms with Crippen molar-refractivity contribution in [2.75, 3.05) is 7.05 Å². The van der Waals surface area contributed by atoms with E-state index in [4.69, 9.17) is 4.42 Å². The second-order valence-electron chi connectivity index (χ2n) is 5.55. The molecule has 0 fully saturated rings. The number of nitrogens with one attached hydrogen (secondary N) is 2. The molecule has 2 N–H and O–H groups in total. The zero-order chi connectivity index (χ0) is 17.0. The van der Waals surface area contributed by atoms with Crippen LogP contribution in [0.2, 0.25) is 0 Å². The van der Waals surface area contributed by atoms with Gasteiger partial charge in [0.05, 0.1) is 18.3 Å². The molecule has 0 saturated heterocycles. The van der Waals surface area contributed by atoms with E-state index >= 15 is 0 Å². The van der Waals surface area contributed by atoms with Crippen molar-refractivity contribution in [3.05, 3.63) is 52.5 Å². The van der Waals surface area contributed by atoms with Gasteiger partial charge in [0.1, 0.15) is 11.6 Å². The van der Waals surface area contributed by atoms with E-state index in [1.165, 1.54) is 0 Å². The standard InChI is InChI=1S/C17H23FN4O/c1-10-6-7-14(8-15(10)18)12(3)22-17(19-5)20-9-16-21-11(2)13(4)23-16/h6-8,12H,9H2,1-5H3,(H2,19,20,22). The SMILES string of the molecule is CN=C(NCc1nc(C)c(C)o1)NC(C)c1ccc(C)c(F)c1. The average Bonchev–Trinajstić information content (AvgIpc) is 2.84. The van der Waals surface area contributed by atoms with Gasteiger partial charge < -0.3 is 15.1 Å². The van der Waals surface area contributed by atoms with Crippen LogP contribution in [0, 0.1) is 26.6 Å². The molecule has 1 unspecified atom stereocenters. The maximum atomic E-state index is 13.7. The molecule has 5 nitrogen and oxygen atoms in total. The number of oxazole rings is 1. The van der Waals surface area contributed by atoms with Gasteiger partial charge in [0.25, 0.3) is 0 Å². The van der Waals surface area contributed by atoms with Crippen LogP contribution in [0.3, 0.4) is 0 Å². The monoisotopic (exact) mass is 318 g/mol. The van der Waals surface area contributed by atoms with Gasteiger partial charge in [-0.25, -0.2) is 9.37 Å². The van der Waals surface area contributed by atoms with Gasteiger partial charge in [-0.05, 0) is 44.9 Å². The molecule has 0 saturated carbocycles. The Morgan fingerprint density at radius 2 is 2.09 bits per heavy atom. The van der Waals surface area contributed by atoms with Crippen molar-refractivity contribution in [1.82, 2.24) is 15.6 Å². The van der Waals surface area contributed by atoms with Gasteiger partial charge in [0, 0.05) is 7.05 Å². The minimum atomic E-state index is -0.204. The van der Waals surface area contributed by atoms with Gasteiger partial charge in [-0.2, -0.15) is 0 Å². The normalized spacial score (nSPS) is 13.0. The molecule has 0 spiro atoms. The summed E-state index contributed by atoms with van der Waals surface area (Å²) in [5, 5.41) is 6.37. The lowest BCUT2D eigenvalue weighted by Gasteiger charge is -2.18. The maximum Gasteiger partial charge on any atom is 0.214 e. The van der Waals surface area contributed by atoms with Crippen LogP contribution in [0.1, 0.15) is 41.4 Å². The third kappa shape index (κ3) is 4.31. The average molecular weight is 318 g/mol. The van der Waals surface area contributed by atoms with Gasteiger partial charge in [-0.1, -0.05) is 12.1 Å². The number of aryl methyl sites for hydroxylation is 3. The number of halogens is 1. The number of nitrogens with zero attached hydrogens (tertiary/aromatic N) is 2. The Balaban J connectivity index is 1.97. The van der Waals surface area contributed by atoms with E-state index in [0.717, 1.165) is 17.0 Å². The number of rotatable bonds is 4. The minimum Gasteiger partial charge on any atom is -0.444 e. The fraction of sp³-hybridized carbons (Fsp3) is 0.412. The molecule has 0 aliphatic rings. The first-order chi connectivity index (χ1) is 10.9. The van der Waals surface area contributed by atoms with Crippen LogP contribution in [-0.4, -0.2) is 18.0 Å². The molecule has 0 bridgehead atoms. The van der Waals surface area contributed by atoms with Crippen molar-refractivity contribution in [2.24, 2.45) is 4.99 Å². The summed E-state index contributed by atoms with van der Waals surface area (Å²) in [6.07, 6.45) is 0. The van der Waals surface area contributed by atoms with Crippen LogP contribution in [0.5, 0.6) is 0 Å². The van der Waals surface area contributed by atoms with E-state index in [9.17, 15) is 4.39 Å². The molecule has 23 heavy (non-hydrogen) atoms. The lowest BCUT2D eigenvalue weighted by atomic mass is 10.1. The molecule has 0 aliphatic heterocycles. The highest BCUT2D eigenvalue weighted by Crippen LogP contribution is 2.16. The molecule has 124 valence electrons. The molecule has 1 aromatic carbocycles. The van der Waals surface area contributed by atoms with E-state index in [2.05, 4.69) is 20.6 Å². The minimum absolute atomic E-state index is 0.0793. The van der Waals surface area contributed by atoms with Gasteiger partial charge in [-0.15, -0.1) is 0 Å². The second kappa shape index (κ2) is 7.26. The molecule has 2 aromatic rings. The van der Waals surface area contributed by atoms with Crippen molar-refractivity contribution < 1.29 is 8.81 Å². The third-order valence-corrected chi connectivity index (χ3v) is 3.75. The van der Waals surface area contributed by atoms with E-state index in [-0.39, 0.29) is 11.9 Å². The van der Waals surface area contributed by atoms with Crippen molar-refractivity contribution >= 4 is 5.96 Å². The molecular weight excluding hydrogens is 295 g/mol. The van der Waals surface area contributed by atoms with Crippen LogP contribution in [-0.2, 0) is 6.54 Å². The van der Waals surface area contributed by atoms with Crippen LogP contribution >= 0.6 is 0 Å². The van der Waals surface area contributed by atoms with Crippen LogP contribution < -0.4 is 10.6 Å². The van der Waals surface area contributed by atoms with E-state index in [1.807, 2.05) is 26.8 Å². The highest BCUT2D eigenvalue weighted by Gasteiger charge is 2.11. The van der Waals surface area contributed by atoms with Crippen LogP contribution in [0.4, 0.5) is 4.39 Å². The van der Waals surface area contributed by atoms with Crippen LogP contribution in [0.25, 0.3) is 0 Å². The van der Waals surface area contributed by atoms with E-state index in [1.54, 1.807) is 26.1 Å². The largest absolute Gasteiger partial charge is 0.444 e. The maximum absolute atomic E-state index is 13.7. The number of hydrogen-bond donors (Lipinski definition) is 2. The summed E-state index contributed by atoms with van der Waals surface area (Å²) in [7, 11) is 1.68. The molecule has 1 atom stereocenters. The molecule has 1 heterocycles. The Kier molecular flexibility index (Phi) is 5.36. The Labute approximate surface area is 136 Å². The molecule has 2 rings (SSSR count). The summed E-state index contributed by atoms with van der Waals surface area (Å²) >= 11 is 0. The topological polar surface area (TPSA) is 62.5 Å². The molecule has 0 aliphatic carbocycles. The lowest BCUT2D eigenvalue weighted by molar-refractivity contribution is 0.463. The highest BCUT2D eigenvalue weighted by molar-refractivity contribution is 5.80.